The van der Waals surface area contributed by atoms with E-state index in [1.165, 1.54) is 5.56 Å². The highest BCUT2D eigenvalue weighted by molar-refractivity contribution is 9.13. The third-order valence-electron chi connectivity index (χ3n) is 2.39. The van der Waals surface area contributed by atoms with Crippen molar-refractivity contribution in [2.24, 2.45) is 0 Å². The molecule has 1 aromatic rings. The summed E-state index contributed by atoms with van der Waals surface area (Å²) in [5.74, 6) is 0.473. The number of hydrogen-bond acceptors (Lipinski definition) is 1. The van der Waals surface area contributed by atoms with Crippen LogP contribution >= 0.6 is 31.9 Å². The minimum atomic E-state index is 0.147. The van der Waals surface area contributed by atoms with E-state index in [2.05, 4.69) is 49.3 Å². The Labute approximate surface area is 99.3 Å². The summed E-state index contributed by atoms with van der Waals surface area (Å²) in [7, 11) is 0. The van der Waals surface area contributed by atoms with E-state index >= 15 is 0 Å². The average molecular weight is 319 g/mol. The minimum Gasteiger partial charge on any atom is -0.355 e. The van der Waals surface area contributed by atoms with Gasteiger partial charge in [0.25, 0.3) is 0 Å². The molecule has 1 aromatic carbocycles. The lowest BCUT2D eigenvalue weighted by molar-refractivity contribution is -0.119. The van der Waals surface area contributed by atoms with Crippen molar-refractivity contribution >= 4 is 37.8 Å². The Bertz CT molecular complexity index is 378. The lowest BCUT2D eigenvalue weighted by Gasteiger charge is -2.08. The van der Waals surface area contributed by atoms with Gasteiger partial charge in [0.1, 0.15) is 0 Å². The van der Waals surface area contributed by atoms with E-state index in [1.807, 2.05) is 6.07 Å². The van der Waals surface area contributed by atoms with Gasteiger partial charge in [-0.05, 0) is 49.6 Å². The molecule has 1 unspecified atom stereocenters. The molecular formula is C10H9Br2NO. The molecule has 0 aromatic heterocycles. The maximum absolute atomic E-state index is 11.0. The van der Waals surface area contributed by atoms with E-state index < -0.39 is 0 Å². The van der Waals surface area contributed by atoms with Gasteiger partial charge in [-0.3, -0.25) is 4.79 Å². The van der Waals surface area contributed by atoms with Crippen LogP contribution in [0.25, 0.3) is 0 Å². The molecule has 1 amide bonds. The summed E-state index contributed by atoms with van der Waals surface area (Å²) in [6.07, 6.45) is 0.605. The fourth-order valence-electron chi connectivity index (χ4n) is 1.61. The summed E-state index contributed by atoms with van der Waals surface area (Å²) < 4.78 is 2.08. The highest BCUT2D eigenvalue weighted by Crippen LogP contribution is 2.29. The first-order valence-corrected chi connectivity index (χ1v) is 5.97. The van der Waals surface area contributed by atoms with E-state index in [9.17, 15) is 4.79 Å². The van der Waals surface area contributed by atoms with Crippen molar-refractivity contribution in [3.8, 4) is 0 Å². The van der Waals surface area contributed by atoms with Gasteiger partial charge in [0, 0.05) is 27.8 Å². The Kier molecular flexibility index (Phi) is 2.93. The van der Waals surface area contributed by atoms with Crippen LogP contribution in [-0.4, -0.2) is 12.5 Å². The first-order chi connectivity index (χ1) is 6.66. The lowest BCUT2D eigenvalue weighted by Crippen LogP contribution is -2.13. The Balaban J connectivity index is 2.24. The third-order valence-corrected chi connectivity index (χ3v) is 4.27. The zero-order valence-corrected chi connectivity index (χ0v) is 10.6. The van der Waals surface area contributed by atoms with Crippen LogP contribution < -0.4 is 5.32 Å². The number of nitrogens with one attached hydrogen (secondary N) is 1. The van der Waals surface area contributed by atoms with Gasteiger partial charge in [0.05, 0.1) is 0 Å². The number of halogens is 2. The molecular weight excluding hydrogens is 310 g/mol. The molecule has 1 N–H and O–H groups in total. The fraction of sp³-hybridized carbons (Fsp3) is 0.300. The van der Waals surface area contributed by atoms with Gasteiger partial charge in [-0.1, -0.05) is 6.07 Å². The first kappa shape index (κ1) is 10.2. The van der Waals surface area contributed by atoms with Gasteiger partial charge in [0.15, 0.2) is 0 Å². The van der Waals surface area contributed by atoms with E-state index in [-0.39, 0.29) is 5.91 Å². The van der Waals surface area contributed by atoms with Crippen LogP contribution in [-0.2, 0) is 4.79 Å². The van der Waals surface area contributed by atoms with Gasteiger partial charge < -0.3 is 5.32 Å². The highest BCUT2D eigenvalue weighted by Gasteiger charge is 2.23. The number of carbonyl (C=O) groups is 1. The Morgan fingerprint density at radius 2 is 2.07 bits per heavy atom. The SMILES string of the molecule is O=C1CC(c2ccc(Br)c(Br)c2)CN1. The highest BCUT2D eigenvalue weighted by atomic mass is 79.9. The molecule has 1 aliphatic rings. The summed E-state index contributed by atoms with van der Waals surface area (Å²) in [5.41, 5.74) is 1.21. The third kappa shape index (κ3) is 2.01. The number of rotatable bonds is 1. The molecule has 2 rings (SSSR count). The summed E-state index contributed by atoms with van der Waals surface area (Å²) >= 11 is 6.88. The molecule has 0 spiro atoms. The van der Waals surface area contributed by atoms with Crippen molar-refractivity contribution in [1.82, 2.24) is 5.32 Å². The molecule has 0 bridgehead atoms. The Hall–Kier alpha value is -0.350. The summed E-state index contributed by atoms with van der Waals surface area (Å²) in [6, 6.07) is 6.12. The second-order valence-electron chi connectivity index (χ2n) is 3.38. The summed E-state index contributed by atoms with van der Waals surface area (Å²) in [6.45, 7) is 0.757. The molecule has 1 atom stereocenters. The van der Waals surface area contributed by atoms with Crippen LogP contribution in [0, 0.1) is 0 Å². The Morgan fingerprint density at radius 1 is 1.29 bits per heavy atom. The smallest absolute Gasteiger partial charge is 0.220 e. The molecule has 0 aliphatic carbocycles. The van der Waals surface area contributed by atoms with Gasteiger partial charge in [-0.25, -0.2) is 0 Å². The molecule has 1 fully saturated rings. The number of carbonyl (C=O) groups excluding carboxylic acids is 1. The van der Waals surface area contributed by atoms with E-state index in [4.69, 9.17) is 0 Å². The summed E-state index contributed by atoms with van der Waals surface area (Å²) in [4.78, 5) is 11.0. The minimum absolute atomic E-state index is 0.147. The number of hydrogen-bond donors (Lipinski definition) is 1. The van der Waals surface area contributed by atoms with Crippen molar-refractivity contribution in [2.75, 3.05) is 6.54 Å². The number of amides is 1. The summed E-state index contributed by atoms with van der Waals surface area (Å²) in [5, 5.41) is 2.84. The molecule has 14 heavy (non-hydrogen) atoms. The van der Waals surface area contributed by atoms with Gasteiger partial charge >= 0.3 is 0 Å². The van der Waals surface area contributed by atoms with Gasteiger partial charge in [-0.15, -0.1) is 0 Å². The normalized spacial score (nSPS) is 21.0. The molecule has 0 radical (unpaired) electrons. The maximum Gasteiger partial charge on any atom is 0.220 e. The molecule has 1 aliphatic heterocycles. The van der Waals surface area contributed by atoms with Crippen molar-refractivity contribution in [3.63, 3.8) is 0 Å². The van der Waals surface area contributed by atoms with Crippen molar-refractivity contribution in [1.29, 1.82) is 0 Å². The molecule has 2 nitrogen and oxygen atoms in total. The molecule has 74 valence electrons. The Morgan fingerprint density at radius 3 is 2.64 bits per heavy atom. The molecule has 0 saturated carbocycles. The van der Waals surface area contributed by atoms with Crippen LogP contribution in [0.4, 0.5) is 0 Å². The zero-order chi connectivity index (χ0) is 10.1. The molecule has 4 heteroatoms. The largest absolute Gasteiger partial charge is 0.355 e. The van der Waals surface area contributed by atoms with Crippen LogP contribution in [0.3, 0.4) is 0 Å². The number of benzene rings is 1. The second kappa shape index (κ2) is 4.03. The van der Waals surface area contributed by atoms with Crippen LogP contribution in [0.2, 0.25) is 0 Å². The van der Waals surface area contributed by atoms with Crippen molar-refractivity contribution in [2.45, 2.75) is 12.3 Å². The monoisotopic (exact) mass is 317 g/mol. The predicted octanol–water partition coefficient (Wildman–Crippen LogP) is 2.82. The van der Waals surface area contributed by atoms with Gasteiger partial charge in [0.2, 0.25) is 5.91 Å². The van der Waals surface area contributed by atoms with E-state index in [1.54, 1.807) is 0 Å². The van der Waals surface area contributed by atoms with Crippen LogP contribution in [0.5, 0.6) is 0 Å². The van der Waals surface area contributed by atoms with Crippen molar-refractivity contribution < 1.29 is 4.79 Å². The molecule has 1 heterocycles. The van der Waals surface area contributed by atoms with Crippen LogP contribution in [0.1, 0.15) is 17.9 Å². The molecule has 1 saturated heterocycles. The standard InChI is InChI=1S/C10H9Br2NO/c11-8-2-1-6(3-9(8)12)7-4-10(14)13-5-7/h1-3,7H,4-5H2,(H,13,14). The zero-order valence-electron chi connectivity index (χ0n) is 7.39. The predicted molar refractivity (Wildman–Crippen MR) is 62.2 cm³/mol. The lowest BCUT2D eigenvalue weighted by atomic mass is 9.99. The van der Waals surface area contributed by atoms with Crippen molar-refractivity contribution in [3.05, 3.63) is 32.7 Å². The fourth-order valence-corrected chi connectivity index (χ4v) is 2.25. The second-order valence-corrected chi connectivity index (χ2v) is 5.09. The van der Waals surface area contributed by atoms with Crippen LogP contribution in [0.15, 0.2) is 27.1 Å². The maximum atomic E-state index is 11.0. The van der Waals surface area contributed by atoms with E-state index in [0.717, 1.165) is 15.5 Å². The average Bonchev–Trinajstić information content (AvgIpc) is 2.57. The topological polar surface area (TPSA) is 29.1 Å². The quantitative estimate of drug-likeness (QED) is 0.847. The van der Waals surface area contributed by atoms with E-state index in [0.29, 0.717) is 12.3 Å². The first-order valence-electron chi connectivity index (χ1n) is 4.38. The van der Waals surface area contributed by atoms with Gasteiger partial charge in [-0.2, -0.15) is 0 Å².